The van der Waals surface area contributed by atoms with Crippen LogP contribution in [0.4, 0.5) is 4.39 Å². The van der Waals surface area contributed by atoms with Crippen molar-refractivity contribution in [2.75, 3.05) is 0 Å². The van der Waals surface area contributed by atoms with Gasteiger partial charge in [-0.05, 0) is 25.1 Å². The molecule has 7 heteroatoms. The molecule has 0 radical (unpaired) electrons. The summed E-state index contributed by atoms with van der Waals surface area (Å²) in [5.74, 6) is -1.20. The van der Waals surface area contributed by atoms with Crippen LogP contribution in [0.5, 0.6) is 0 Å². The second-order valence-electron chi connectivity index (χ2n) is 3.98. The molecule has 2 rings (SSSR count). The number of hydrogen-bond donors (Lipinski definition) is 1. The summed E-state index contributed by atoms with van der Waals surface area (Å²) < 4.78 is 13.7. The predicted molar refractivity (Wildman–Crippen MR) is 67.3 cm³/mol. The van der Waals surface area contributed by atoms with E-state index in [1.54, 1.807) is 6.07 Å². The number of rotatable bonds is 2. The van der Waals surface area contributed by atoms with Crippen LogP contribution in [0.1, 0.15) is 22.8 Å². The number of ketones is 1. The quantitative estimate of drug-likeness (QED) is 0.816. The summed E-state index contributed by atoms with van der Waals surface area (Å²) in [5.41, 5.74) is -2.16. The van der Waals surface area contributed by atoms with Crippen LogP contribution in [0.3, 0.4) is 0 Å². The molecule has 1 N–H and O–H groups in total. The lowest BCUT2D eigenvalue weighted by molar-refractivity contribution is 0.101. The Morgan fingerprint density at radius 3 is 2.70 bits per heavy atom. The Morgan fingerprint density at radius 1 is 1.40 bits per heavy atom. The predicted octanol–water partition coefficient (Wildman–Crippen LogP) is 0.739. The fourth-order valence-electron chi connectivity index (χ4n) is 1.74. The van der Waals surface area contributed by atoms with E-state index in [2.05, 4.69) is 4.98 Å². The maximum Gasteiger partial charge on any atom is 0.333 e. The minimum absolute atomic E-state index is 0.0803. The fourth-order valence-corrected chi connectivity index (χ4v) is 1.74. The molecule has 0 atom stereocenters. The number of H-pyrrole nitrogens is 1. The van der Waals surface area contributed by atoms with E-state index in [1.807, 2.05) is 0 Å². The Morgan fingerprint density at radius 2 is 2.10 bits per heavy atom. The van der Waals surface area contributed by atoms with Crippen LogP contribution in [-0.2, 0) is 0 Å². The largest absolute Gasteiger partial charge is 0.333 e. The highest BCUT2D eigenvalue weighted by Crippen LogP contribution is 2.12. The number of benzene rings is 1. The summed E-state index contributed by atoms with van der Waals surface area (Å²) in [6.45, 7) is 1.18. The highest BCUT2D eigenvalue weighted by atomic mass is 19.1. The molecule has 20 heavy (non-hydrogen) atoms. The molecule has 1 aromatic carbocycles. The number of halogens is 1. The minimum Gasteiger partial charge on any atom is -0.313 e. The lowest BCUT2D eigenvalue weighted by Crippen LogP contribution is -2.36. The van der Waals surface area contributed by atoms with Gasteiger partial charge in [-0.2, -0.15) is 5.26 Å². The van der Waals surface area contributed by atoms with Crippen LogP contribution < -0.4 is 11.2 Å². The third-order valence-electron chi connectivity index (χ3n) is 2.68. The van der Waals surface area contributed by atoms with Crippen LogP contribution in [0.2, 0.25) is 0 Å². The van der Waals surface area contributed by atoms with Gasteiger partial charge in [-0.15, -0.1) is 0 Å². The van der Waals surface area contributed by atoms with Crippen molar-refractivity contribution in [3.05, 3.63) is 62.2 Å². The van der Waals surface area contributed by atoms with E-state index in [0.717, 1.165) is 24.4 Å². The lowest BCUT2D eigenvalue weighted by Gasteiger charge is -2.07. The Balaban J connectivity index is 2.87. The Labute approximate surface area is 111 Å². The number of aromatic amines is 1. The molecule has 0 amide bonds. The second-order valence-corrected chi connectivity index (χ2v) is 3.98. The first kappa shape index (κ1) is 13.4. The molecule has 0 saturated carbocycles. The second kappa shape index (κ2) is 4.93. The van der Waals surface area contributed by atoms with Crippen LogP contribution in [0.15, 0.2) is 34.0 Å². The van der Waals surface area contributed by atoms with Gasteiger partial charge in [0, 0.05) is 6.20 Å². The Kier molecular flexibility index (Phi) is 3.31. The van der Waals surface area contributed by atoms with Crippen molar-refractivity contribution >= 4 is 5.78 Å². The number of carbonyl (C=O) groups excluding carboxylic acids is 1. The van der Waals surface area contributed by atoms with Gasteiger partial charge in [0.25, 0.3) is 5.56 Å². The highest BCUT2D eigenvalue weighted by Gasteiger charge is 2.15. The molecule has 1 heterocycles. The summed E-state index contributed by atoms with van der Waals surface area (Å²) in [6, 6.07) is 4.75. The molecule has 0 fully saturated rings. The molecule has 0 aliphatic rings. The van der Waals surface area contributed by atoms with Crippen LogP contribution in [0, 0.1) is 17.1 Å². The van der Waals surface area contributed by atoms with Gasteiger partial charge in [-0.25, -0.2) is 13.8 Å². The standard InChI is InChI=1S/C13H8FN3O3/c1-7(18)10-6-16-13(20)17(12(10)19)11-3-2-9(14)4-8(11)5-15/h2-4,6H,1H3,(H,16,20). The maximum absolute atomic E-state index is 13.1. The number of Topliss-reactive ketones (excluding diaryl/α,β-unsaturated/α-hetero) is 1. The molecule has 0 unspecified atom stereocenters. The smallest absolute Gasteiger partial charge is 0.313 e. The van der Waals surface area contributed by atoms with Gasteiger partial charge in [-0.3, -0.25) is 9.59 Å². The molecule has 100 valence electrons. The summed E-state index contributed by atoms with van der Waals surface area (Å²) in [6.07, 6.45) is 1.01. The molecule has 2 aromatic rings. The van der Waals surface area contributed by atoms with Crippen LogP contribution >= 0.6 is 0 Å². The lowest BCUT2D eigenvalue weighted by atomic mass is 10.1. The van der Waals surface area contributed by atoms with Gasteiger partial charge in [0.1, 0.15) is 11.9 Å². The van der Waals surface area contributed by atoms with Crippen molar-refractivity contribution in [3.63, 3.8) is 0 Å². The molecule has 0 spiro atoms. The van der Waals surface area contributed by atoms with E-state index in [9.17, 15) is 18.8 Å². The molecule has 0 aliphatic heterocycles. The number of nitriles is 1. The number of aromatic nitrogens is 2. The molecule has 0 bridgehead atoms. The third kappa shape index (κ3) is 2.14. The SMILES string of the molecule is CC(=O)c1c[nH]c(=O)n(-c2ccc(F)cc2C#N)c1=O. The maximum atomic E-state index is 13.1. The number of carbonyl (C=O) groups is 1. The first-order chi connectivity index (χ1) is 9.45. The summed E-state index contributed by atoms with van der Waals surface area (Å²) in [5, 5.41) is 8.95. The zero-order valence-corrected chi connectivity index (χ0v) is 10.3. The fraction of sp³-hybridized carbons (Fsp3) is 0.0769. The van der Waals surface area contributed by atoms with Crippen molar-refractivity contribution in [1.29, 1.82) is 5.26 Å². The molecular weight excluding hydrogens is 265 g/mol. The zero-order valence-electron chi connectivity index (χ0n) is 10.3. The first-order valence-electron chi connectivity index (χ1n) is 5.51. The minimum atomic E-state index is -0.857. The van der Waals surface area contributed by atoms with E-state index in [-0.39, 0.29) is 16.8 Å². The van der Waals surface area contributed by atoms with Gasteiger partial charge in [-0.1, -0.05) is 0 Å². The van der Waals surface area contributed by atoms with Gasteiger partial charge in [0.2, 0.25) is 0 Å². The van der Waals surface area contributed by atoms with Gasteiger partial charge in [0.15, 0.2) is 5.78 Å². The Hall–Kier alpha value is -3.01. The summed E-state index contributed by atoms with van der Waals surface area (Å²) >= 11 is 0. The molecule has 1 aromatic heterocycles. The van der Waals surface area contributed by atoms with Gasteiger partial charge >= 0.3 is 5.69 Å². The molecule has 0 saturated heterocycles. The number of nitrogens with one attached hydrogen (secondary N) is 1. The van der Waals surface area contributed by atoms with E-state index in [1.165, 1.54) is 6.92 Å². The van der Waals surface area contributed by atoms with Crippen molar-refractivity contribution in [2.24, 2.45) is 0 Å². The molecule has 6 nitrogen and oxygen atoms in total. The van der Waals surface area contributed by atoms with Crippen LogP contribution in [-0.4, -0.2) is 15.3 Å². The van der Waals surface area contributed by atoms with Crippen LogP contribution in [0.25, 0.3) is 5.69 Å². The first-order valence-corrected chi connectivity index (χ1v) is 5.51. The number of nitrogens with zero attached hydrogens (tertiary/aromatic N) is 2. The van der Waals surface area contributed by atoms with Crippen molar-refractivity contribution in [2.45, 2.75) is 6.92 Å². The van der Waals surface area contributed by atoms with Gasteiger partial charge < -0.3 is 4.98 Å². The average molecular weight is 273 g/mol. The topological polar surface area (TPSA) is 95.7 Å². The zero-order chi connectivity index (χ0) is 14.9. The number of hydrogen-bond acceptors (Lipinski definition) is 4. The van der Waals surface area contributed by atoms with E-state index in [0.29, 0.717) is 4.57 Å². The van der Waals surface area contributed by atoms with E-state index < -0.39 is 22.8 Å². The van der Waals surface area contributed by atoms with Crippen molar-refractivity contribution in [1.82, 2.24) is 9.55 Å². The summed E-state index contributed by atoms with van der Waals surface area (Å²) in [4.78, 5) is 37.4. The molecule has 0 aliphatic carbocycles. The van der Waals surface area contributed by atoms with E-state index >= 15 is 0 Å². The normalized spacial score (nSPS) is 10.1. The third-order valence-corrected chi connectivity index (χ3v) is 2.68. The molecular formula is C13H8FN3O3. The van der Waals surface area contributed by atoms with E-state index in [4.69, 9.17) is 5.26 Å². The van der Waals surface area contributed by atoms with Crippen molar-refractivity contribution < 1.29 is 9.18 Å². The monoisotopic (exact) mass is 273 g/mol. The van der Waals surface area contributed by atoms with Gasteiger partial charge in [0.05, 0.1) is 16.8 Å². The average Bonchev–Trinajstić information content (AvgIpc) is 2.39. The Bertz CT molecular complexity index is 858. The van der Waals surface area contributed by atoms with Crippen molar-refractivity contribution in [3.8, 4) is 11.8 Å². The highest BCUT2D eigenvalue weighted by molar-refractivity contribution is 5.93. The summed E-state index contributed by atoms with van der Waals surface area (Å²) in [7, 11) is 0.